The molecule has 0 aromatic heterocycles. The third kappa shape index (κ3) is 5.87. The Kier molecular flexibility index (Phi) is 6.40. The predicted octanol–water partition coefficient (Wildman–Crippen LogP) is 3.41. The molecule has 0 spiro atoms. The number of nitrogens with one attached hydrogen (secondary N) is 1. The molecule has 0 unspecified atom stereocenters. The second-order valence-corrected chi connectivity index (χ2v) is 7.29. The van der Waals surface area contributed by atoms with Crippen molar-refractivity contribution in [3.05, 3.63) is 29.8 Å². The number of hydrogen-bond donors (Lipinski definition) is 1. The Labute approximate surface area is 126 Å². The molecular weight excluding hydrogens is 270 g/mol. The first-order valence-electron chi connectivity index (χ1n) is 6.97. The van der Waals surface area contributed by atoms with Gasteiger partial charge in [-0.1, -0.05) is 31.5 Å². The minimum absolute atomic E-state index is 0.0811. The number of ether oxygens (including phenoxy) is 1. The van der Waals surface area contributed by atoms with Crippen molar-refractivity contribution in [1.29, 1.82) is 0 Å². The second kappa shape index (κ2) is 7.58. The Balaban J connectivity index is 2.46. The molecule has 0 aliphatic rings. The predicted molar refractivity (Wildman–Crippen MR) is 86.5 cm³/mol. The molecule has 0 saturated carbocycles. The maximum absolute atomic E-state index is 12.1. The fraction of sp³-hybridized carbons (Fsp3) is 0.562. The van der Waals surface area contributed by atoms with E-state index in [4.69, 9.17) is 4.74 Å². The van der Waals surface area contributed by atoms with E-state index >= 15 is 0 Å². The molecule has 3 nitrogen and oxygen atoms in total. The number of thioether (sulfide) groups is 1. The smallest absolute Gasteiger partial charge is 0.263 e. The van der Waals surface area contributed by atoms with Crippen LogP contribution >= 0.6 is 11.8 Å². The van der Waals surface area contributed by atoms with E-state index in [1.807, 2.05) is 43.0 Å². The Morgan fingerprint density at radius 2 is 1.90 bits per heavy atom. The molecule has 1 aromatic rings. The highest BCUT2D eigenvalue weighted by Crippen LogP contribution is 2.19. The Hall–Kier alpha value is -1.16. The molecule has 1 N–H and O–H groups in total. The summed E-state index contributed by atoms with van der Waals surface area (Å²) in [5, 5.41) is 3.51. The van der Waals surface area contributed by atoms with E-state index in [1.165, 1.54) is 5.56 Å². The molecule has 20 heavy (non-hydrogen) atoms. The summed E-state index contributed by atoms with van der Waals surface area (Å²) in [5.41, 5.74) is 0.308. The second-order valence-electron chi connectivity index (χ2n) is 5.60. The van der Waals surface area contributed by atoms with Crippen LogP contribution in [0.25, 0.3) is 0 Å². The lowest BCUT2D eigenvalue weighted by atomic mass is 10.1. The molecule has 0 atom stereocenters. The average Bonchev–Trinajstić information content (AvgIpc) is 2.36. The summed E-state index contributed by atoms with van der Waals surface area (Å²) >= 11 is 1.83. The Morgan fingerprint density at radius 3 is 2.45 bits per heavy atom. The lowest BCUT2D eigenvalue weighted by Crippen LogP contribution is -2.47. The SMILES string of the molecule is Cc1ccc(OC(C)(C)C(=O)NCCSC(C)C)cc1. The van der Waals surface area contributed by atoms with Crippen LogP contribution in [0.1, 0.15) is 33.3 Å². The van der Waals surface area contributed by atoms with Crippen LogP contribution in [0.2, 0.25) is 0 Å². The van der Waals surface area contributed by atoms with Crippen LogP contribution in [-0.4, -0.2) is 29.1 Å². The molecule has 112 valence electrons. The lowest BCUT2D eigenvalue weighted by Gasteiger charge is -2.25. The number of rotatable bonds is 7. The van der Waals surface area contributed by atoms with Crippen molar-refractivity contribution in [1.82, 2.24) is 5.32 Å². The van der Waals surface area contributed by atoms with Crippen molar-refractivity contribution in [2.75, 3.05) is 12.3 Å². The van der Waals surface area contributed by atoms with E-state index in [2.05, 4.69) is 19.2 Å². The summed E-state index contributed by atoms with van der Waals surface area (Å²) in [4.78, 5) is 12.1. The van der Waals surface area contributed by atoms with Crippen molar-refractivity contribution in [3.8, 4) is 5.75 Å². The van der Waals surface area contributed by atoms with Gasteiger partial charge in [0.25, 0.3) is 5.91 Å². The van der Waals surface area contributed by atoms with Gasteiger partial charge >= 0.3 is 0 Å². The van der Waals surface area contributed by atoms with Crippen LogP contribution in [0.5, 0.6) is 5.75 Å². The van der Waals surface area contributed by atoms with E-state index in [0.717, 1.165) is 5.75 Å². The first-order valence-corrected chi connectivity index (χ1v) is 8.02. The number of benzene rings is 1. The van der Waals surface area contributed by atoms with Crippen molar-refractivity contribution in [2.24, 2.45) is 0 Å². The van der Waals surface area contributed by atoms with Crippen LogP contribution in [0.4, 0.5) is 0 Å². The number of carbonyl (C=O) groups is 1. The van der Waals surface area contributed by atoms with Gasteiger partial charge in [-0.3, -0.25) is 4.79 Å². The van der Waals surface area contributed by atoms with Crippen LogP contribution in [0.3, 0.4) is 0 Å². The zero-order valence-electron chi connectivity index (χ0n) is 13.0. The Morgan fingerprint density at radius 1 is 1.30 bits per heavy atom. The summed E-state index contributed by atoms with van der Waals surface area (Å²) in [5.74, 6) is 1.55. The number of amides is 1. The zero-order valence-corrected chi connectivity index (χ0v) is 13.8. The van der Waals surface area contributed by atoms with Crippen LogP contribution in [-0.2, 0) is 4.79 Å². The lowest BCUT2D eigenvalue weighted by molar-refractivity contribution is -0.134. The average molecular weight is 295 g/mol. The maximum atomic E-state index is 12.1. The highest BCUT2D eigenvalue weighted by atomic mass is 32.2. The summed E-state index contributed by atoms with van der Waals surface area (Å²) in [6, 6.07) is 7.73. The highest BCUT2D eigenvalue weighted by Gasteiger charge is 2.29. The Bertz CT molecular complexity index is 427. The van der Waals surface area contributed by atoms with E-state index in [-0.39, 0.29) is 5.91 Å². The van der Waals surface area contributed by atoms with Crippen molar-refractivity contribution in [2.45, 2.75) is 45.5 Å². The van der Waals surface area contributed by atoms with Gasteiger partial charge in [0.2, 0.25) is 0 Å². The van der Waals surface area contributed by atoms with Gasteiger partial charge in [0.1, 0.15) is 5.75 Å². The van der Waals surface area contributed by atoms with Crippen molar-refractivity contribution >= 4 is 17.7 Å². The van der Waals surface area contributed by atoms with Crippen molar-refractivity contribution < 1.29 is 9.53 Å². The summed E-state index contributed by atoms with van der Waals surface area (Å²) in [7, 11) is 0. The van der Waals surface area contributed by atoms with Gasteiger partial charge in [-0.2, -0.15) is 11.8 Å². The molecule has 4 heteroatoms. The third-order valence-corrected chi connectivity index (χ3v) is 3.89. The van der Waals surface area contributed by atoms with Crippen LogP contribution in [0.15, 0.2) is 24.3 Å². The van der Waals surface area contributed by atoms with E-state index in [9.17, 15) is 4.79 Å². The van der Waals surface area contributed by atoms with Gasteiger partial charge in [-0.05, 0) is 38.2 Å². The first-order chi connectivity index (χ1) is 9.31. The van der Waals surface area contributed by atoms with E-state index in [0.29, 0.717) is 17.5 Å². The molecule has 0 heterocycles. The van der Waals surface area contributed by atoms with Crippen LogP contribution < -0.4 is 10.1 Å². The fourth-order valence-corrected chi connectivity index (χ4v) is 2.31. The molecule has 0 radical (unpaired) electrons. The summed E-state index contributed by atoms with van der Waals surface area (Å²) < 4.78 is 5.78. The quantitative estimate of drug-likeness (QED) is 0.783. The third-order valence-electron chi connectivity index (χ3n) is 2.78. The first kappa shape index (κ1) is 16.9. The van der Waals surface area contributed by atoms with Gasteiger partial charge in [-0.15, -0.1) is 0 Å². The zero-order chi connectivity index (χ0) is 15.2. The number of aryl methyl sites for hydroxylation is 1. The molecule has 0 fully saturated rings. The molecule has 0 saturated heterocycles. The molecule has 0 bridgehead atoms. The minimum Gasteiger partial charge on any atom is -0.478 e. The normalized spacial score (nSPS) is 11.5. The molecule has 1 rings (SSSR count). The molecule has 1 amide bonds. The topological polar surface area (TPSA) is 38.3 Å². The highest BCUT2D eigenvalue weighted by molar-refractivity contribution is 7.99. The number of hydrogen-bond acceptors (Lipinski definition) is 3. The standard InChI is InChI=1S/C16H25NO2S/c1-12(2)20-11-10-17-15(18)16(4,5)19-14-8-6-13(3)7-9-14/h6-9,12H,10-11H2,1-5H3,(H,17,18). The fourth-order valence-electron chi connectivity index (χ4n) is 1.62. The number of carbonyl (C=O) groups excluding carboxylic acids is 1. The minimum atomic E-state index is -0.863. The van der Waals surface area contributed by atoms with Crippen molar-refractivity contribution in [3.63, 3.8) is 0 Å². The van der Waals surface area contributed by atoms with E-state index in [1.54, 1.807) is 13.8 Å². The van der Waals surface area contributed by atoms with Gasteiger partial charge in [0.05, 0.1) is 0 Å². The molecule has 0 aliphatic carbocycles. The van der Waals surface area contributed by atoms with Gasteiger partial charge in [0.15, 0.2) is 5.60 Å². The molecule has 0 aliphatic heterocycles. The molecular formula is C16H25NO2S. The van der Waals surface area contributed by atoms with Gasteiger partial charge in [0, 0.05) is 12.3 Å². The maximum Gasteiger partial charge on any atom is 0.263 e. The van der Waals surface area contributed by atoms with Gasteiger partial charge < -0.3 is 10.1 Å². The van der Waals surface area contributed by atoms with E-state index < -0.39 is 5.60 Å². The molecule has 1 aromatic carbocycles. The summed E-state index contributed by atoms with van der Waals surface area (Å²) in [6.07, 6.45) is 0. The summed E-state index contributed by atoms with van der Waals surface area (Å²) in [6.45, 7) is 10.6. The largest absolute Gasteiger partial charge is 0.478 e. The monoisotopic (exact) mass is 295 g/mol. The van der Waals surface area contributed by atoms with Gasteiger partial charge in [-0.25, -0.2) is 0 Å². The van der Waals surface area contributed by atoms with Crippen LogP contribution in [0, 0.1) is 6.92 Å².